The van der Waals surface area contributed by atoms with Gasteiger partial charge in [-0.3, -0.25) is 0 Å². The fourth-order valence-corrected chi connectivity index (χ4v) is 3.42. The maximum Gasteiger partial charge on any atom is 0.111 e. The van der Waals surface area contributed by atoms with Gasteiger partial charge in [-0.15, -0.1) is 0 Å². The van der Waals surface area contributed by atoms with E-state index in [1.54, 1.807) is 0 Å². The van der Waals surface area contributed by atoms with Crippen molar-refractivity contribution in [3.63, 3.8) is 0 Å². The highest BCUT2D eigenvalue weighted by molar-refractivity contribution is 4.85. The lowest BCUT2D eigenvalue weighted by Crippen LogP contribution is -2.45. The van der Waals surface area contributed by atoms with Gasteiger partial charge in [-0.25, -0.2) is 0 Å². The molecule has 4 nitrogen and oxygen atoms in total. The van der Waals surface area contributed by atoms with Crippen LogP contribution in [0.5, 0.6) is 0 Å². The average Bonchev–Trinajstić information content (AvgIpc) is 2.68. The Morgan fingerprint density at radius 1 is 0.654 bits per heavy atom. The summed E-state index contributed by atoms with van der Waals surface area (Å²) < 4.78 is 12.7. The van der Waals surface area contributed by atoms with Crippen LogP contribution in [-0.4, -0.2) is 41.2 Å². The number of hydrogen-bond acceptors (Lipinski definition) is 4. The summed E-state index contributed by atoms with van der Waals surface area (Å²) >= 11 is 0. The Hall–Kier alpha value is -0.230. The molecule has 0 rings (SSSR count). The van der Waals surface area contributed by atoms with E-state index in [2.05, 4.69) is 11.9 Å². The van der Waals surface area contributed by atoms with Crippen LogP contribution in [0.1, 0.15) is 103 Å². The van der Waals surface area contributed by atoms with Gasteiger partial charge < -0.3 is 15.3 Å². The highest BCUT2D eigenvalue weighted by Gasteiger charge is 2.39. The predicted molar refractivity (Wildman–Crippen MR) is 105 cm³/mol. The second kappa shape index (κ2) is 18.1. The van der Waals surface area contributed by atoms with Crippen LogP contribution < -0.4 is 0 Å². The minimum absolute atomic E-state index is 0.399. The first kappa shape index (κ1) is 25.8. The van der Waals surface area contributed by atoms with Crippen LogP contribution in [0.25, 0.3) is 0 Å². The minimum atomic E-state index is -1.30. The predicted octanol–water partition coefficient (Wildman–Crippen LogP) is 5.09. The van der Waals surface area contributed by atoms with E-state index in [0.29, 0.717) is 6.42 Å². The van der Waals surface area contributed by atoms with Crippen molar-refractivity contribution in [3.8, 4) is 0 Å². The topological polar surface area (TPSA) is 69.9 Å². The van der Waals surface area contributed by atoms with E-state index in [9.17, 15) is 19.8 Å². The van der Waals surface area contributed by atoms with Gasteiger partial charge in [0.05, 0.1) is 25.2 Å². The first-order valence-corrected chi connectivity index (χ1v) is 10.8. The van der Waals surface area contributed by atoms with Gasteiger partial charge in [0.15, 0.2) is 0 Å². The second-order valence-corrected chi connectivity index (χ2v) is 7.80. The number of halogens is 1. The summed E-state index contributed by atoms with van der Waals surface area (Å²) in [6.45, 7) is 0.771. The third kappa shape index (κ3) is 11.5. The number of hydrogen-bond donors (Lipinski definition) is 3. The molecule has 0 saturated heterocycles. The third-order valence-electron chi connectivity index (χ3n) is 5.56. The first-order chi connectivity index (χ1) is 12.7. The van der Waals surface area contributed by atoms with E-state index in [4.69, 9.17) is 0 Å². The molecule has 158 valence electrons. The number of unbranched alkanes of at least 4 members (excludes halogenated alkanes) is 13. The molecule has 0 aliphatic carbocycles. The van der Waals surface area contributed by atoms with Crippen LogP contribution in [-0.2, 0) is 4.94 Å². The molecule has 0 aliphatic rings. The van der Waals surface area contributed by atoms with E-state index in [0.717, 1.165) is 19.3 Å². The zero-order valence-corrected chi connectivity index (χ0v) is 16.9. The molecule has 3 N–H and O–H groups in total. The first-order valence-electron chi connectivity index (χ1n) is 10.8. The van der Waals surface area contributed by atoms with Crippen molar-refractivity contribution in [3.05, 3.63) is 0 Å². The van der Waals surface area contributed by atoms with Crippen molar-refractivity contribution in [2.45, 2.75) is 109 Å². The Morgan fingerprint density at radius 3 is 1.31 bits per heavy atom. The van der Waals surface area contributed by atoms with Gasteiger partial charge in [0.2, 0.25) is 0 Å². The third-order valence-corrected chi connectivity index (χ3v) is 5.56. The lowest BCUT2D eigenvalue weighted by Gasteiger charge is -2.33. The van der Waals surface area contributed by atoms with Crippen LogP contribution in [0.3, 0.4) is 0 Å². The van der Waals surface area contributed by atoms with Crippen LogP contribution in [0.4, 0.5) is 4.53 Å². The van der Waals surface area contributed by atoms with Crippen LogP contribution in [0.15, 0.2) is 0 Å². The molecule has 1 unspecified atom stereocenters. The fourth-order valence-electron chi connectivity index (χ4n) is 3.42. The van der Waals surface area contributed by atoms with Crippen molar-refractivity contribution in [2.24, 2.45) is 5.41 Å². The Bertz CT molecular complexity index is 277. The quantitative estimate of drug-likeness (QED) is 0.258. The van der Waals surface area contributed by atoms with Crippen molar-refractivity contribution in [1.82, 2.24) is 0 Å². The van der Waals surface area contributed by atoms with Crippen molar-refractivity contribution >= 4 is 0 Å². The summed E-state index contributed by atoms with van der Waals surface area (Å²) in [5, 5.41) is 28.0. The Morgan fingerprint density at radius 2 is 1.00 bits per heavy atom. The van der Waals surface area contributed by atoms with E-state index in [1.165, 1.54) is 70.6 Å². The fraction of sp³-hybridized carbons (Fsp3) is 1.00. The molecule has 0 radical (unpaired) electrons. The van der Waals surface area contributed by atoms with Gasteiger partial charge in [-0.1, -0.05) is 96.8 Å². The molecule has 0 aromatic heterocycles. The molecule has 0 spiro atoms. The number of rotatable bonds is 20. The number of aliphatic hydroxyl groups is 3. The lowest BCUT2D eigenvalue weighted by molar-refractivity contribution is -0.239. The number of aliphatic hydroxyl groups excluding tert-OH is 3. The van der Waals surface area contributed by atoms with Gasteiger partial charge in [0.25, 0.3) is 0 Å². The zero-order chi connectivity index (χ0) is 19.5. The molecule has 0 aromatic rings. The van der Waals surface area contributed by atoms with E-state index >= 15 is 0 Å². The van der Waals surface area contributed by atoms with Gasteiger partial charge >= 0.3 is 0 Å². The maximum absolute atomic E-state index is 12.7. The van der Waals surface area contributed by atoms with Gasteiger partial charge in [0, 0.05) is 0 Å². The van der Waals surface area contributed by atoms with Gasteiger partial charge in [-0.05, 0) is 10.9 Å². The highest BCUT2D eigenvalue weighted by atomic mass is 19.3. The summed E-state index contributed by atoms with van der Waals surface area (Å²) in [6.07, 6.45) is 17.0. The van der Waals surface area contributed by atoms with E-state index < -0.39 is 31.3 Å². The molecule has 26 heavy (non-hydrogen) atoms. The highest BCUT2D eigenvalue weighted by Crippen LogP contribution is 2.28. The zero-order valence-electron chi connectivity index (χ0n) is 16.9. The average molecular weight is 379 g/mol. The molecule has 0 aliphatic heterocycles. The molecule has 0 fully saturated rings. The maximum atomic E-state index is 12.7. The standard InChI is InChI=1S/C21H43FO4/c1-2-3-4-5-6-7-8-9-10-11-12-13-14-15-16-20(26-22)21(17-23,18-24)19-25/h20,23-25H,2-19H2,1H3. The van der Waals surface area contributed by atoms with E-state index in [1.807, 2.05) is 0 Å². The molecular formula is C21H43FO4. The Labute approximate surface area is 160 Å². The summed E-state index contributed by atoms with van der Waals surface area (Å²) in [5.41, 5.74) is -1.30. The molecule has 0 amide bonds. The molecule has 5 heteroatoms. The minimum Gasteiger partial charge on any atom is -0.396 e. The largest absolute Gasteiger partial charge is 0.396 e. The SMILES string of the molecule is CCCCCCCCCCCCCCCCC(OF)C(CO)(CO)CO. The van der Waals surface area contributed by atoms with Crippen LogP contribution in [0.2, 0.25) is 0 Å². The van der Waals surface area contributed by atoms with Crippen LogP contribution in [0, 0.1) is 5.41 Å². The summed E-state index contributed by atoms with van der Waals surface area (Å²) in [6, 6.07) is 0. The Balaban J connectivity index is 3.52. The van der Waals surface area contributed by atoms with Crippen molar-refractivity contribution < 1.29 is 24.8 Å². The lowest BCUT2D eigenvalue weighted by atomic mass is 9.82. The van der Waals surface area contributed by atoms with E-state index in [-0.39, 0.29) is 0 Å². The summed E-state index contributed by atoms with van der Waals surface area (Å²) in [7, 11) is 0. The van der Waals surface area contributed by atoms with Crippen molar-refractivity contribution in [1.29, 1.82) is 0 Å². The monoisotopic (exact) mass is 378 g/mol. The summed E-state index contributed by atoms with van der Waals surface area (Å²) in [5.74, 6) is 0. The normalized spacial score (nSPS) is 13.3. The molecule has 0 heterocycles. The van der Waals surface area contributed by atoms with Crippen molar-refractivity contribution in [2.75, 3.05) is 19.8 Å². The molecule has 0 bridgehead atoms. The van der Waals surface area contributed by atoms with Crippen LogP contribution >= 0.6 is 0 Å². The molecule has 0 aromatic carbocycles. The molecule has 0 saturated carbocycles. The van der Waals surface area contributed by atoms with Gasteiger partial charge in [-0.2, -0.15) is 4.94 Å². The molecular weight excluding hydrogens is 335 g/mol. The smallest absolute Gasteiger partial charge is 0.111 e. The molecule has 1 atom stereocenters. The summed E-state index contributed by atoms with van der Waals surface area (Å²) in [4.78, 5) is 3.92. The van der Waals surface area contributed by atoms with Gasteiger partial charge in [0.1, 0.15) is 6.10 Å². The Kier molecular flexibility index (Phi) is 18.0. The second-order valence-electron chi connectivity index (χ2n) is 7.80.